The van der Waals surface area contributed by atoms with Crippen LogP contribution in [0.5, 0.6) is 0 Å². The molecule has 1 aromatic carbocycles. The molecule has 0 spiro atoms. The van der Waals surface area contributed by atoms with E-state index in [1.54, 1.807) is 0 Å². The second-order valence-corrected chi connectivity index (χ2v) is 10.2. The van der Waals surface area contributed by atoms with Crippen molar-refractivity contribution in [3.63, 3.8) is 0 Å². The maximum absolute atomic E-state index is 2.42. The molecule has 0 saturated heterocycles. The fourth-order valence-electron chi connectivity index (χ4n) is 4.98. The molecule has 1 heteroatoms. The highest BCUT2D eigenvalue weighted by molar-refractivity contribution is 5.13. The number of nitrogens with zero attached hydrogens (tertiary/aromatic N) is 1. The summed E-state index contributed by atoms with van der Waals surface area (Å²) >= 11 is 0. The summed E-state index contributed by atoms with van der Waals surface area (Å²) in [4.78, 5) is 0. The molecule has 0 amide bonds. The molecule has 0 aromatic heterocycles. The van der Waals surface area contributed by atoms with Gasteiger partial charge in [0, 0.05) is 5.56 Å². The minimum atomic E-state index is 0.784. The Kier molecular flexibility index (Phi) is 16.2. The van der Waals surface area contributed by atoms with E-state index in [-0.39, 0.29) is 0 Å². The molecule has 1 aromatic rings. The van der Waals surface area contributed by atoms with E-state index in [0.717, 1.165) is 17.1 Å². The van der Waals surface area contributed by atoms with Crippen molar-refractivity contribution in [2.45, 2.75) is 136 Å². The Morgan fingerprint density at radius 1 is 0.600 bits per heavy atom. The predicted molar refractivity (Wildman–Crippen MR) is 136 cm³/mol. The Morgan fingerprint density at radius 3 is 1.47 bits per heavy atom. The first-order chi connectivity index (χ1) is 14.6. The van der Waals surface area contributed by atoms with E-state index in [9.17, 15) is 0 Å². The summed E-state index contributed by atoms with van der Waals surface area (Å²) in [5.74, 6) is 0. The van der Waals surface area contributed by atoms with Crippen LogP contribution in [0.3, 0.4) is 0 Å². The van der Waals surface area contributed by atoms with Crippen LogP contribution < -0.4 is 0 Å². The van der Waals surface area contributed by atoms with Crippen LogP contribution in [-0.4, -0.2) is 24.6 Å². The maximum Gasteiger partial charge on any atom is 0.104 e. The van der Waals surface area contributed by atoms with Gasteiger partial charge >= 0.3 is 0 Å². The fraction of sp³-hybridized carbons (Fsp3) is 0.793. The van der Waals surface area contributed by atoms with E-state index in [2.05, 4.69) is 58.3 Å². The number of benzene rings is 1. The highest BCUT2D eigenvalue weighted by atomic mass is 15.3. The molecule has 1 atom stereocenters. The lowest BCUT2D eigenvalue weighted by atomic mass is 10.00. The summed E-state index contributed by atoms with van der Waals surface area (Å²) < 4.78 is 1.12. The first-order valence-corrected chi connectivity index (χ1v) is 13.5. The highest BCUT2D eigenvalue weighted by Gasteiger charge is 2.26. The summed E-state index contributed by atoms with van der Waals surface area (Å²) in [6.07, 6.45) is 24.4. The van der Waals surface area contributed by atoms with Gasteiger partial charge < -0.3 is 4.48 Å². The van der Waals surface area contributed by atoms with E-state index in [4.69, 9.17) is 0 Å². The van der Waals surface area contributed by atoms with Crippen molar-refractivity contribution in [1.29, 1.82) is 0 Å². The number of hydrogen-bond acceptors (Lipinski definition) is 0. The van der Waals surface area contributed by atoms with E-state index in [1.807, 2.05) is 0 Å². The van der Waals surface area contributed by atoms with Crippen LogP contribution in [0.4, 0.5) is 0 Å². The van der Waals surface area contributed by atoms with Gasteiger partial charge in [0.15, 0.2) is 0 Å². The average molecular weight is 417 g/mol. The minimum absolute atomic E-state index is 0.784. The minimum Gasteiger partial charge on any atom is -0.322 e. The third-order valence-corrected chi connectivity index (χ3v) is 7.03. The zero-order valence-electron chi connectivity index (χ0n) is 21.1. The molecule has 0 aliphatic rings. The Morgan fingerprint density at radius 2 is 1.03 bits per heavy atom. The fourth-order valence-corrected chi connectivity index (χ4v) is 4.98. The van der Waals surface area contributed by atoms with Gasteiger partial charge in [-0.25, -0.2) is 0 Å². The Hall–Kier alpha value is -0.820. The molecule has 0 heterocycles. The number of quaternary nitrogens is 1. The molecule has 1 nitrogen and oxygen atoms in total. The molecule has 0 bridgehead atoms. The van der Waals surface area contributed by atoms with E-state index < -0.39 is 0 Å². The van der Waals surface area contributed by atoms with Gasteiger partial charge in [-0.3, -0.25) is 0 Å². The SMILES string of the molecule is CCCCCCCCCCCCCCCCCC(CC)[N+](C)(C)Cc1ccccc1. The van der Waals surface area contributed by atoms with Gasteiger partial charge in [-0.1, -0.05) is 134 Å². The Labute approximate surface area is 190 Å². The van der Waals surface area contributed by atoms with Gasteiger partial charge in [-0.2, -0.15) is 0 Å². The van der Waals surface area contributed by atoms with Crippen molar-refractivity contribution in [1.82, 2.24) is 0 Å². The molecule has 0 saturated carbocycles. The zero-order chi connectivity index (χ0) is 21.9. The van der Waals surface area contributed by atoms with Gasteiger partial charge in [0.1, 0.15) is 6.54 Å². The van der Waals surface area contributed by atoms with Crippen LogP contribution in [0.25, 0.3) is 0 Å². The number of rotatable bonds is 20. The molecule has 1 unspecified atom stereocenters. The van der Waals surface area contributed by atoms with Crippen LogP contribution >= 0.6 is 0 Å². The summed E-state index contributed by atoms with van der Waals surface area (Å²) in [6.45, 7) is 5.83. The van der Waals surface area contributed by atoms with Crippen molar-refractivity contribution in [3.05, 3.63) is 35.9 Å². The average Bonchev–Trinajstić information content (AvgIpc) is 2.73. The molecule has 0 fully saturated rings. The molecule has 174 valence electrons. The Balaban J connectivity index is 1.98. The standard InChI is InChI=1S/C29H54N/c1-5-7-8-9-10-11-12-13-14-15-16-17-18-19-23-26-29(6-2)30(3,4)27-28-24-21-20-22-25-28/h20-22,24-25,29H,5-19,23,26-27H2,1-4H3/q+1. The van der Waals surface area contributed by atoms with E-state index in [0.29, 0.717) is 0 Å². The number of hydrogen-bond donors (Lipinski definition) is 0. The zero-order valence-corrected chi connectivity index (χ0v) is 21.1. The largest absolute Gasteiger partial charge is 0.322 e. The van der Waals surface area contributed by atoms with E-state index >= 15 is 0 Å². The first-order valence-electron chi connectivity index (χ1n) is 13.5. The van der Waals surface area contributed by atoms with Crippen LogP contribution in [0, 0.1) is 0 Å². The lowest BCUT2D eigenvalue weighted by Gasteiger charge is -2.38. The van der Waals surface area contributed by atoms with Gasteiger partial charge in [-0.15, -0.1) is 0 Å². The molecule has 0 radical (unpaired) electrons. The van der Waals surface area contributed by atoms with Gasteiger partial charge in [-0.05, 0) is 19.3 Å². The van der Waals surface area contributed by atoms with Crippen molar-refractivity contribution in [2.24, 2.45) is 0 Å². The van der Waals surface area contributed by atoms with E-state index in [1.165, 1.54) is 115 Å². The van der Waals surface area contributed by atoms with Crippen LogP contribution in [0.2, 0.25) is 0 Å². The second-order valence-electron chi connectivity index (χ2n) is 10.2. The molecule has 0 aliphatic heterocycles. The smallest absolute Gasteiger partial charge is 0.104 e. The third kappa shape index (κ3) is 13.5. The van der Waals surface area contributed by atoms with Crippen molar-refractivity contribution in [2.75, 3.05) is 14.1 Å². The number of unbranched alkanes of at least 4 members (excludes halogenated alkanes) is 14. The highest BCUT2D eigenvalue weighted by Crippen LogP contribution is 2.22. The first kappa shape index (κ1) is 27.2. The molecule has 1 rings (SSSR count). The van der Waals surface area contributed by atoms with Crippen molar-refractivity contribution >= 4 is 0 Å². The molecular formula is C29H54N+. The topological polar surface area (TPSA) is 0 Å². The van der Waals surface area contributed by atoms with Crippen LogP contribution in [0.1, 0.15) is 129 Å². The monoisotopic (exact) mass is 416 g/mol. The Bertz CT molecular complexity index is 478. The maximum atomic E-state index is 2.42. The molecule has 0 N–H and O–H groups in total. The van der Waals surface area contributed by atoms with Crippen LogP contribution in [0.15, 0.2) is 30.3 Å². The summed E-state index contributed by atoms with van der Waals surface area (Å²) in [7, 11) is 4.85. The van der Waals surface area contributed by atoms with Gasteiger partial charge in [0.2, 0.25) is 0 Å². The molecular weight excluding hydrogens is 362 g/mol. The normalized spacial score (nSPS) is 12.9. The summed E-state index contributed by atoms with van der Waals surface area (Å²) in [6, 6.07) is 11.8. The van der Waals surface area contributed by atoms with Crippen molar-refractivity contribution < 1.29 is 4.48 Å². The lowest BCUT2D eigenvalue weighted by Crippen LogP contribution is -2.47. The molecule has 0 aliphatic carbocycles. The lowest BCUT2D eigenvalue weighted by molar-refractivity contribution is -0.928. The predicted octanol–water partition coefficient (Wildman–Crippen LogP) is 9.30. The second kappa shape index (κ2) is 17.8. The van der Waals surface area contributed by atoms with Gasteiger partial charge in [0.25, 0.3) is 0 Å². The molecule has 30 heavy (non-hydrogen) atoms. The van der Waals surface area contributed by atoms with Crippen LogP contribution in [-0.2, 0) is 6.54 Å². The van der Waals surface area contributed by atoms with Gasteiger partial charge in [0.05, 0.1) is 20.1 Å². The summed E-state index contributed by atoms with van der Waals surface area (Å²) in [5, 5.41) is 0. The van der Waals surface area contributed by atoms with Crippen molar-refractivity contribution in [3.8, 4) is 0 Å². The third-order valence-electron chi connectivity index (χ3n) is 7.03. The summed E-state index contributed by atoms with van der Waals surface area (Å²) in [5.41, 5.74) is 1.47. The quantitative estimate of drug-likeness (QED) is 0.147.